The van der Waals surface area contributed by atoms with Crippen LogP contribution in [0.4, 0.5) is 0 Å². The van der Waals surface area contributed by atoms with Crippen LogP contribution in [0.3, 0.4) is 0 Å². The van der Waals surface area contributed by atoms with Crippen LogP contribution in [0.2, 0.25) is 0 Å². The van der Waals surface area contributed by atoms with Crippen LogP contribution >= 0.6 is 24.8 Å². The van der Waals surface area contributed by atoms with Crippen molar-refractivity contribution in [3.63, 3.8) is 0 Å². The molecule has 0 aliphatic carbocycles. The molecule has 0 spiro atoms. The highest BCUT2D eigenvalue weighted by atomic mass is 35.5. The van der Waals surface area contributed by atoms with E-state index in [0.29, 0.717) is 11.5 Å². The van der Waals surface area contributed by atoms with E-state index in [1.54, 1.807) is 6.07 Å². The average Bonchev–Trinajstić information content (AvgIpc) is 2.16. The maximum absolute atomic E-state index is 10.6. The molecule has 15 heavy (non-hydrogen) atoms. The second-order valence-electron chi connectivity index (χ2n) is 2.37. The van der Waals surface area contributed by atoms with E-state index in [2.05, 4.69) is 0 Å². The molecule has 0 aliphatic heterocycles. The van der Waals surface area contributed by atoms with Gasteiger partial charge in [-0.2, -0.15) is 0 Å². The van der Waals surface area contributed by atoms with Gasteiger partial charge < -0.3 is 14.6 Å². The molecule has 0 amide bonds. The van der Waals surface area contributed by atoms with E-state index in [0.717, 1.165) is 0 Å². The number of benzene rings is 1. The molecule has 0 atom stereocenters. The van der Waals surface area contributed by atoms with Crippen LogP contribution in [0, 0.1) is 0 Å². The van der Waals surface area contributed by atoms with E-state index in [1.807, 2.05) is 0 Å². The molecule has 0 aliphatic rings. The lowest BCUT2D eigenvalue weighted by Crippen LogP contribution is -1.98. The van der Waals surface area contributed by atoms with Gasteiger partial charge in [0.1, 0.15) is 0 Å². The predicted molar refractivity (Wildman–Crippen MR) is 61.0 cm³/mol. The lowest BCUT2D eigenvalue weighted by atomic mass is 10.2. The van der Waals surface area contributed by atoms with E-state index in [1.165, 1.54) is 26.4 Å². The van der Waals surface area contributed by atoms with Crippen molar-refractivity contribution >= 4 is 30.8 Å². The fourth-order valence-corrected chi connectivity index (χ4v) is 0.969. The van der Waals surface area contributed by atoms with E-state index in [-0.39, 0.29) is 30.4 Å². The SMILES string of the molecule is COc1ccc(C(=O)O)cc1OC.Cl.Cl. The summed E-state index contributed by atoms with van der Waals surface area (Å²) < 4.78 is 9.89. The van der Waals surface area contributed by atoms with Gasteiger partial charge in [0.2, 0.25) is 0 Å². The van der Waals surface area contributed by atoms with Gasteiger partial charge in [-0.15, -0.1) is 24.8 Å². The Kier molecular flexibility index (Phi) is 7.83. The van der Waals surface area contributed by atoms with Gasteiger partial charge in [0.05, 0.1) is 19.8 Å². The molecule has 1 aromatic carbocycles. The molecule has 1 N–H and O–H groups in total. The van der Waals surface area contributed by atoms with Crippen molar-refractivity contribution < 1.29 is 19.4 Å². The fraction of sp³-hybridized carbons (Fsp3) is 0.222. The minimum atomic E-state index is -0.985. The van der Waals surface area contributed by atoms with Gasteiger partial charge in [-0.3, -0.25) is 0 Å². The first-order valence-corrected chi connectivity index (χ1v) is 3.64. The number of rotatable bonds is 3. The Bertz CT molecular complexity index is 328. The fourth-order valence-electron chi connectivity index (χ4n) is 0.969. The summed E-state index contributed by atoms with van der Waals surface area (Å²) >= 11 is 0. The highest BCUT2D eigenvalue weighted by Crippen LogP contribution is 2.27. The summed E-state index contributed by atoms with van der Waals surface area (Å²) in [5.41, 5.74) is 0.178. The zero-order valence-electron chi connectivity index (χ0n) is 8.22. The Labute approximate surface area is 100 Å². The second-order valence-corrected chi connectivity index (χ2v) is 2.37. The standard InChI is InChI=1S/C9H10O4.2ClH/c1-12-7-4-3-6(9(10)11)5-8(7)13-2;;/h3-5H,1-2H3,(H,10,11);2*1H. The van der Waals surface area contributed by atoms with Crippen LogP contribution < -0.4 is 9.47 Å². The number of ether oxygens (including phenoxy) is 2. The van der Waals surface area contributed by atoms with Gasteiger partial charge in [0.15, 0.2) is 11.5 Å². The number of methoxy groups -OCH3 is 2. The van der Waals surface area contributed by atoms with Gasteiger partial charge in [-0.25, -0.2) is 4.79 Å². The summed E-state index contributed by atoms with van der Waals surface area (Å²) in [6.07, 6.45) is 0. The first-order valence-electron chi connectivity index (χ1n) is 3.64. The normalized spacial score (nSPS) is 8.13. The molecule has 0 saturated carbocycles. The van der Waals surface area contributed by atoms with E-state index in [9.17, 15) is 4.79 Å². The number of hydrogen-bond donors (Lipinski definition) is 1. The lowest BCUT2D eigenvalue weighted by molar-refractivity contribution is 0.0696. The average molecular weight is 255 g/mol. The lowest BCUT2D eigenvalue weighted by Gasteiger charge is -2.07. The molecule has 0 saturated heterocycles. The van der Waals surface area contributed by atoms with Crippen LogP contribution in [0.25, 0.3) is 0 Å². The molecule has 0 radical (unpaired) electrons. The van der Waals surface area contributed by atoms with Crippen LogP contribution in [0.15, 0.2) is 18.2 Å². The number of halogens is 2. The van der Waals surface area contributed by atoms with Crippen molar-refractivity contribution in [3.05, 3.63) is 23.8 Å². The van der Waals surface area contributed by atoms with Crippen LogP contribution in [-0.2, 0) is 0 Å². The van der Waals surface area contributed by atoms with Crippen molar-refractivity contribution in [2.45, 2.75) is 0 Å². The largest absolute Gasteiger partial charge is 0.493 e. The Morgan fingerprint density at radius 3 is 2.07 bits per heavy atom. The number of carbonyl (C=O) groups is 1. The van der Waals surface area contributed by atoms with E-state index < -0.39 is 5.97 Å². The van der Waals surface area contributed by atoms with Gasteiger partial charge >= 0.3 is 5.97 Å². The third kappa shape index (κ3) is 3.85. The maximum atomic E-state index is 10.6. The molecule has 0 unspecified atom stereocenters. The Morgan fingerprint density at radius 2 is 1.67 bits per heavy atom. The predicted octanol–water partition coefficient (Wildman–Crippen LogP) is 2.25. The summed E-state index contributed by atoms with van der Waals surface area (Å²) in [4.78, 5) is 10.6. The van der Waals surface area contributed by atoms with E-state index >= 15 is 0 Å². The minimum absolute atomic E-state index is 0. The van der Waals surface area contributed by atoms with Crippen LogP contribution in [0.1, 0.15) is 10.4 Å². The highest BCUT2D eigenvalue weighted by molar-refractivity contribution is 5.88. The van der Waals surface area contributed by atoms with Crippen molar-refractivity contribution in [3.8, 4) is 11.5 Å². The number of aromatic carboxylic acids is 1. The minimum Gasteiger partial charge on any atom is -0.493 e. The summed E-state index contributed by atoms with van der Waals surface area (Å²) in [5.74, 6) is -0.0455. The molecule has 86 valence electrons. The smallest absolute Gasteiger partial charge is 0.335 e. The van der Waals surface area contributed by atoms with Gasteiger partial charge in [0.25, 0.3) is 0 Å². The quantitative estimate of drug-likeness (QED) is 0.899. The van der Waals surface area contributed by atoms with Crippen molar-refractivity contribution in [2.24, 2.45) is 0 Å². The molecule has 0 fully saturated rings. The molecule has 4 nitrogen and oxygen atoms in total. The molecule has 6 heteroatoms. The third-order valence-corrected chi connectivity index (χ3v) is 1.63. The first kappa shape index (κ1) is 16.3. The molecule has 0 aromatic heterocycles. The summed E-state index contributed by atoms with van der Waals surface area (Å²) in [7, 11) is 2.96. The molecular formula is C9H12Cl2O4. The Morgan fingerprint density at radius 1 is 1.13 bits per heavy atom. The maximum Gasteiger partial charge on any atom is 0.335 e. The zero-order chi connectivity index (χ0) is 9.84. The van der Waals surface area contributed by atoms with Gasteiger partial charge in [-0.05, 0) is 18.2 Å². The third-order valence-electron chi connectivity index (χ3n) is 1.63. The zero-order valence-corrected chi connectivity index (χ0v) is 9.85. The first-order chi connectivity index (χ1) is 6.19. The highest BCUT2D eigenvalue weighted by Gasteiger charge is 2.08. The van der Waals surface area contributed by atoms with Crippen LogP contribution in [0.5, 0.6) is 11.5 Å². The molecule has 1 rings (SSSR count). The topological polar surface area (TPSA) is 55.8 Å². The summed E-state index contributed by atoms with van der Waals surface area (Å²) in [6.45, 7) is 0. The molecule has 0 heterocycles. The van der Waals surface area contributed by atoms with Crippen molar-refractivity contribution in [1.82, 2.24) is 0 Å². The summed E-state index contributed by atoms with van der Waals surface area (Å²) in [6, 6.07) is 4.44. The van der Waals surface area contributed by atoms with Crippen molar-refractivity contribution in [2.75, 3.05) is 14.2 Å². The summed E-state index contributed by atoms with van der Waals surface area (Å²) in [5, 5.41) is 8.67. The Balaban J connectivity index is 0. The Hall–Kier alpha value is -1.13. The molecule has 0 bridgehead atoms. The number of hydrogen-bond acceptors (Lipinski definition) is 3. The number of carboxylic acid groups (broad SMARTS) is 1. The van der Waals surface area contributed by atoms with Crippen molar-refractivity contribution in [1.29, 1.82) is 0 Å². The molecular weight excluding hydrogens is 243 g/mol. The second kappa shape index (κ2) is 7.20. The monoisotopic (exact) mass is 254 g/mol. The van der Waals surface area contributed by atoms with Crippen LogP contribution in [-0.4, -0.2) is 25.3 Å². The van der Waals surface area contributed by atoms with E-state index in [4.69, 9.17) is 14.6 Å². The van der Waals surface area contributed by atoms with Gasteiger partial charge in [0, 0.05) is 0 Å². The molecule has 1 aromatic rings. The number of carboxylic acids is 1. The van der Waals surface area contributed by atoms with Gasteiger partial charge in [-0.1, -0.05) is 0 Å².